The molecule has 0 saturated heterocycles. The molecular formula is C20H16N6S. The zero-order valence-electron chi connectivity index (χ0n) is 14.8. The number of rotatable bonds is 3. The van der Waals surface area contributed by atoms with E-state index in [1.54, 1.807) is 6.21 Å². The molecule has 0 aromatic heterocycles. The summed E-state index contributed by atoms with van der Waals surface area (Å²) in [6.45, 7) is 3.98. The molecule has 0 spiro atoms. The molecule has 0 bridgehead atoms. The molecule has 1 heterocycles. The monoisotopic (exact) mass is 372 g/mol. The first-order valence-electron chi connectivity index (χ1n) is 8.17. The lowest BCUT2D eigenvalue weighted by molar-refractivity contribution is 1.02. The van der Waals surface area contributed by atoms with Gasteiger partial charge in [-0.15, -0.1) is 10.2 Å². The lowest BCUT2D eigenvalue weighted by Gasteiger charge is -2.23. The number of hydrogen-bond acceptors (Lipinski definition) is 7. The third-order valence-corrected chi connectivity index (χ3v) is 4.96. The van der Waals surface area contributed by atoms with E-state index in [1.807, 2.05) is 62.4 Å². The highest BCUT2D eigenvalue weighted by atomic mass is 32.2. The molecule has 1 N–H and O–H groups in total. The minimum atomic E-state index is -1.49. The van der Waals surface area contributed by atoms with Gasteiger partial charge in [-0.3, -0.25) is 5.43 Å². The molecule has 0 aliphatic carbocycles. The summed E-state index contributed by atoms with van der Waals surface area (Å²) in [7, 11) is 0. The quantitative estimate of drug-likeness (QED) is 0.658. The van der Waals surface area contributed by atoms with Gasteiger partial charge in [0.05, 0.1) is 6.21 Å². The Balaban J connectivity index is 1.84. The van der Waals surface area contributed by atoms with Crippen molar-refractivity contribution in [3.05, 3.63) is 70.8 Å². The highest BCUT2D eigenvalue weighted by Gasteiger charge is 2.43. The molecular weight excluding hydrogens is 356 g/mol. The van der Waals surface area contributed by atoms with E-state index in [0.29, 0.717) is 11.3 Å². The van der Waals surface area contributed by atoms with Gasteiger partial charge in [-0.2, -0.15) is 15.6 Å². The zero-order chi connectivity index (χ0) is 19.3. The van der Waals surface area contributed by atoms with Crippen LogP contribution in [0.1, 0.15) is 22.3 Å². The van der Waals surface area contributed by atoms with Crippen molar-refractivity contribution in [1.82, 2.24) is 5.43 Å². The van der Waals surface area contributed by atoms with E-state index in [9.17, 15) is 10.5 Å². The Kier molecular flexibility index (Phi) is 5.35. The zero-order valence-corrected chi connectivity index (χ0v) is 15.7. The lowest BCUT2D eigenvalue weighted by atomic mass is 9.97. The van der Waals surface area contributed by atoms with Crippen molar-refractivity contribution < 1.29 is 0 Å². The van der Waals surface area contributed by atoms with Crippen LogP contribution >= 0.6 is 11.8 Å². The molecule has 1 aliphatic rings. The number of benzene rings is 2. The first-order valence-corrected chi connectivity index (χ1v) is 8.98. The number of hydrazone groups is 1. The second kappa shape index (κ2) is 7.86. The normalized spacial score (nSPS) is 15.4. The summed E-state index contributed by atoms with van der Waals surface area (Å²) in [5.74, 6) is 0. The molecule has 0 fully saturated rings. The number of nitrogens with zero attached hydrogens (tertiary/aromatic N) is 5. The fourth-order valence-electron chi connectivity index (χ4n) is 2.39. The lowest BCUT2D eigenvalue weighted by Crippen LogP contribution is -2.38. The Morgan fingerprint density at radius 2 is 1.56 bits per heavy atom. The molecule has 6 nitrogen and oxygen atoms in total. The predicted molar refractivity (Wildman–Crippen MR) is 109 cm³/mol. The molecule has 132 valence electrons. The van der Waals surface area contributed by atoms with Crippen molar-refractivity contribution in [2.45, 2.75) is 18.6 Å². The van der Waals surface area contributed by atoms with Gasteiger partial charge in [0.15, 0.2) is 0 Å². The first kappa shape index (κ1) is 18.4. The van der Waals surface area contributed by atoms with Gasteiger partial charge in [-0.05, 0) is 31.2 Å². The first-order chi connectivity index (χ1) is 13.1. The van der Waals surface area contributed by atoms with E-state index < -0.39 is 4.75 Å². The average Bonchev–Trinajstić information content (AvgIpc) is 2.70. The van der Waals surface area contributed by atoms with Crippen LogP contribution in [0.5, 0.6) is 0 Å². The van der Waals surface area contributed by atoms with Gasteiger partial charge in [-0.25, -0.2) is 0 Å². The maximum atomic E-state index is 9.68. The number of thioether (sulfide) groups is 1. The van der Waals surface area contributed by atoms with Gasteiger partial charge < -0.3 is 0 Å². The van der Waals surface area contributed by atoms with Crippen LogP contribution in [-0.2, 0) is 0 Å². The SMILES string of the molecule is Cc1ccc(/C=N/NC2=NN=C(c3ccc(C)cc3)C(C#N)(C#N)S2)cc1. The molecule has 3 rings (SSSR count). The third-order valence-electron chi connectivity index (χ3n) is 3.92. The van der Waals surface area contributed by atoms with Gasteiger partial charge in [0.1, 0.15) is 17.9 Å². The maximum Gasteiger partial charge on any atom is 0.240 e. The summed E-state index contributed by atoms with van der Waals surface area (Å²) in [6.07, 6.45) is 1.64. The van der Waals surface area contributed by atoms with Crippen molar-refractivity contribution >= 4 is 28.9 Å². The second-order valence-electron chi connectivity index (χ2n) is 6.01. The smallest absolute Gasteiger partial charge is 0.240 e. The number of amidine groups is 1. The molecule has 2 aromatic carbocycles. The van der Waals surface area contributed by atoms with E-state index >= 15 is 0 Å². The van der Waals surface area contributed by atoms with Crippen molar-refractivity contribution in [1.29, 1.82) is 10.5 Å². The summed E-state index contributed by atoms with van der Waals surface area (Å²) in [5.41, 5.74) is 6.95. The van der Waals surface area contributed by atoms with Crippen LogP contribution in [0.4, 0.5) is 0 Å². The van der Waals surface area contributed by atoms with Crippen LogP contribution in [0, 0.1) is 36.5 Å². The van der Waals surface area contributed by atoms with Crippen LogP contribution in [-0.4, -0.2) is 21.8 Å². The Labute approximate surface area is 161 Å². The minimum Gasteiger partial charge on any atom is -0.254 e. The third kappa shape index (κ3) is 4.05. The van der Waals surface area contributed by atoms with Crippen LogP contribution in [0.3, 0.4) is 0 Å². The highest BCUT2D eigenvalue weighted by molar-refractivity contribution is 8.16. The molecule has 1 aliphatic heterocycles. The number of nitriles is 2. The molecule has 0 saturated carbocycles. The summed E-state index contributed by atoms with van der Waals surface area (Å²) in [6, 6.07) is 19.5. The second-order valence-corrected chi connectivity index (χ2v) is 7.21. The summed E-state index contributed by atoms with van der Waals surface area (Å²) in [4.78, 5) is 0. The molecule has 0 radical (unpaired) electrons. The van der Waals surface area contributed by atoms with Gasteiger partial charge in [0.25, 0.3) is 0 Å². The van der Waals surface area contributed by atoms with E-state index in [0.717, 1.165) is 28.5 Å². The Bertz CT molecular complexity index is 990. The summed E-state index contributed by atoms with van der Waals surface area (Å²) >= 11 is 0.996. The van der Waals surface area contributed by atoms with Gasteiger partial charge in [0.2, 0.25) is 9.91 Å². The standard InChI is InChI=1S/C20H16N6S/c1-14-3-7-16(8-4-14)11-23-25-19-26-24-18(20(12-21,13-22)27-19)17-9-5-15(2)6-10-17/h3-11H,1-2H3,(H,25,26)/b23-11+. The topological polar surface area (TPSA) is 96.7 Å². The van der Waals surface area contributed by atoms with Gasteiger partial charge >= 0.3 is 0 Å². The molecule has 2 aromatic rings. The minimum absolute atomic E-state index is 0.289. The Morgan fingerprint density at radius 3 is 2.15 bits per heavy atom. The predicted octanol–water partition coefficient (Wildman–Crippen LogP) is 3.52. The largest absolute Gasteiger partial charge is 0.254 e. The fourth-order valence-corrected chi connectivity index (χ4v) is 3.20. The Morgan fingerprint density at radius 1 is 0.963 bits per heavy atom. The van der Waals surface area contributed by atoms with Crippen LogP contribution < -0.4 is 5.43 Å². The van der Waals surface area contributed by atoms with E-state index in [-0.39, 0.29) is 5.17 Å². The molecule has 7 heteroatoms. The molecule has 0 atom stereocenters. The maximum absolute atomic E-state index is 9.68. The van der Waals surface area contributed by atoms with Gasteiger partial charge in [0, 0.05) is 5.56 Å². The van der Waals surface area contributed by atoms with E-state index in [4.69, 9.17) is 0 Å². The van der Waals surface area contributed by atoms with Crippen LogP contribution in [0.25, 0.3) is 0 Å². The van der Waals surface area contributed by atoms with Gasteiger partial charge in [-0.1, -0.05) is 59.7 Å². The van der Waals surface area contributed by atoms with E-state index in [1.165, 1.54) is 0 Å². The summed E-state index contributed by atoms with van der Waals surface area (Å²) < 4.78 is -1.49. The highest BCUT2D eigenvalue weighted by Crippen LogP contribution is 2.33. The summed E-state index contributed by atoms with van der Waals surface area (Å²) in [5, 5.41) is 32.0. The van der Waals surface area contributed by atoms with Crippen molar-refractivity contribution in [3.8, 4) is 12.1 Å². The van der Waals surface area contributed by atoms with Crippen molar-refractivity contribution in [2.75, 3.05) is 0 Å². The van der Waals surface area contributed by atoms with Crippen molar-refractivity contribution in [2.24, 2.45) is 15.3 Å². The van der Waals surface area contributed by atoms with Crippen LogP contribution in [0.15, 0.2) is 63.8 Å². The Hall–Kier alpha value is -3.42. The molecule has 0 amide bonds. The van der Waals surface area contributed by atoms with Crippen molar-refractivity contribution in [3.63, 3.8) is 0 Å². The fraction of sp³-hybridized carbons (Fsp3) is 0.150. The van der Waals surface area contributed by atoms with Crippen LogP contribution in [0.2, 0.25) is 0 Å². The average molecular weight is 372 g/mol. The molecule has 27 heavy (non-hydrogen) atoms. The molecule has 0 unspecified atom stereocenters. The van der Waals surface area contributed by atoms with E-state index in [2.05, 4.69) is 32.9 Å². The number of aryl methyl sites for hydroxylation is 2. The number of hydrogen-bond donors (Lipinski definition) is 1. The number of nitrogens with one attached hydrogen (secondary N) is 1.